The van der Waals surface area contributed by atoms with Crippen LogP contribution < -0.4 is 5.43 Å². The number of hydrogen-bond acceptors (Lipinski definition) is 3. The van der Waals surface area contributed by atoms with Crippen LogP contribution in [-0.2, 0) is 12.8 Å². The van der Waals surface area contributed by atoms with Crippen molar-refractivity contribution in [3.63, 3.8) is 0 Å². The number of aromatic amines is 1. The zero-order valence-corrected chi connectivity index (χ0v) is 19.8. The highest BCUT2D eigenvalue weighted by molar-refractivity contribution is 5.83. The third kappa shape index (κ3) is 5.43. The highest BCUT2D eigenvalue weighted by Crippen LogP contribution is 2.22. The second-order valence-corrected chi connectivity index (χ2v) is 8.43. The minimum atomic E-state index is 0.360. The molecule has 4 aromatic rings. The number of rotatable bonds is 8. The highest BCUT2D eigenvalue weighted by Gasteiger charge is 2.09. The Labute approximate surface area is 196 Å². The van der Waals surface area contributed by atoms with Gasteiger partial charge in [0.2, 0.25) is 0 Å². The summed E-state index contributed by atoms with van der Waals surface area (Å²) < 4.78 is 2.16. The molecule has 0 aliphatic rings. The van der Waals surface area contributed by atoms with Crippen molar-refractivity contribution in [3.05, 3.63) is 96.5 Å². The average molecular weight is 440 g/mol. The van der Waals surface area contributed by atoms with Gasteiger partial charge in [-0.25, -0.2) is 0 Å². The van der Waals surface area contributed by atoms with Gasteiger partial charge in [-0.3, -0.25) is 14.6 Å². The van der Waals surface area contributed by atoms with Gasteiger partial charge in [0.1, 0.15) is 0 Å². The van der Waals surface area contributed by atoms with Crippen molar-refractivity contribution < 1.29 is 0 Å². The van der Waals surface area contributed by atoms with Gasteiger partial charge in [-0.1, -0.05) is 45.0 Å². The van der Waals surface area contributed by atoms with Crippen molar-refractivity contribution in [2.24, 2.45) is 0 Å². The molecule has 1 unspecified atom stereocenters. The van der Waals surface area contributed by atoms with Crippen LogP contribution in [0.2, 0.25) is 0 Å². The minimum absolute atomic E-state index is 0.360. The lowest BCUT2D eigenvalue weighted by Gasteiger charge is -2.18. The van der Waals surface area contributed by atoms with Crippen LogP contribution in [0.1, 0.15) is 49.9 Å². The van der Waals surface area contributed by atoms with Crippen molar-refractivity contribution >= 4 is 10.9 Å². The quantitative estimate of drug-likeness (QED) is 0.333. The van der Waals surface area contributed by atoms with E-state index in [1.807, 2.05) is 30.9 Å². The number of aryl methyl sites for hydroxylation is 1. The molecule has 2 N–H and O–H groups in total. The molecule has 1 aromatic carbocycles. The van der Waals surface area contributed by atoms with Crippen molar-refractivity contribution in [1.82, 2.24) is 19.6 Å². The van der Waals surface area contributed by atoms with E-state index in [0.717, 1.165) is 42.6 Å². The molecule has 0 bridgehead atoms. The van der Waals surface area contributed by atoms with E-state index in [1.165, 1.54) is 22.0 Å². The first-order valence-electron chi connectivity index (χ1n) is 11.8. The van der Waals surface area contributed by atoms with Crippen LogP contribution in [0.3, 0.4) is 0 Å². The topological polar surface area (TPSA) is 58.5 Å². The van der Waals surface area contributed by atoms with Gasteiger partial charge in [0, 0.05) is 65.8 Å². The number of benzene rings is 1. The molecule has 4 rings (SSSR count). The van der Waals surface area contributed by atoms with Gasteiger partial charge in [0.25, 0.3) is 0 Å². The predicted molar refractivity (Wildman–Crippen MR) is 137 cm³/mol. The van der Waals surface area contributed by atoms with E-state index in [1.54, 1.807) is 0 Å². The van der Waals surface area contributed by atoms with Crippen molar-refractivity contribution in [1.29, 1.82) is 0 Å². The number of nitrogens with zero attached hydrogens (tertiary/aromatic N) is 3. The summed E-state index contributed by atoms with van der Waals surface area (Å²) in [6.45, 7) is 7.42. The summed E-state index contributed by atoms with van der Waals surface area (Å²) in [6, 6.07) is 14.8. The second-order valence-electron chi connectivity index (χ2n) is 8.43. The fraction of sp³-hybridized carbons (Fsp3) is 0.286. The van der Waals surface area contributed by atoms with Gasteiger partial charge < -0.3 is 10.4 Å². The third-order valence-corrected chi connectivity index (χ3v) is 6.21. The van der Waals surface area contributed by atoms with Crippen LogP contribution in [-0.4, -0.2) is 26.2 Å². The standard InChI is InChI=1S/C28H33N5/c1-4-21(3)28-19-29-13-8-9-24(25-15-22(5-2)16-30-17-25)20-33(28)32-14-12-23-18-31-27-11-7-6-10-26(23)27/h6-11,13,15-21,31-32H,4-5,12,14H2,1-3H3. The molecule has 0 radical (unpaired) electrons. The Morgan fingerprint density at radius 2 is 1.88 bits per heavy atom. The lowest BCUT2D eigenvalue weighted by molar-refractivity contribution is 0.648. The third-order valence-electron chi connectivity index (χ3n) is 6.21. The molecule has 0 aliphatic heterocycles. The van der Waals surface area contributed by atoms with E-state index in [2.05, 4.69) is 94.6 Å². The van der Waals surface area contributed by atoms with Crippen LogP contribution >= 0.6 is 0 Å². The average Bonchev–Trinajstić information content (AvgIpc) is 3.30. The normalized spacial score (nSPS) is 11.8. The monoisotopic (exact) mass is 439 g/mol. The number of H-pyrrole nitrogens is 1. The molecule has 33 heavy (non-hydrogen) atoms. The Bertz CT molecular complexity index is 1250. The molecule has 0 saturated carbocycles. The predicted octanol–water partition coefficient (Wildman–Crippen LogP) is 6.41. The fourth-order valence-electron chi connectivity index (χ4n) is 4.00. The number of aromatic nitrogens is 4. The maximum atomic E-state index is 4.54. The molecule has 0 aliphatic carbocycles. The zero-order valence-electron chi connectivity index (χ0n) is 19.8. The molecule has 0 fully saturated rings. The zero-order chi connectivity index (χ0) is 23.0. The molecule has 5 heteroatoms. The lowest BCUT2D eigenvalue weighted by Crippen LogP contribution is -2.21. The maximum absolute atomic E-state index is 4.54. The Morgan fingerprint density at radius 1 is 1.00 bits per heavy atom. The first-order chi connectivity index (χ1) is 16.2. The highest BCUT2D eigenvalue weighted by atomic mass is 15.4. The van der Waals surface area contributed by atoms with E-state index in [0.29, 0.717) is 5.92 Å². The molecule has 3 aromatic heterocycles. The molecular weight excluding hydrogens is 406 g/mol. The van der Waals surface area contributed by atoms with E-state index in [9.17, 15) is 0 Å². The van der Waals surface area contributed by atoms with Gasteiger partial charge >= 0.3 is 0 Å². The van der Waals surface area contributed by atoms with Gasteiger partial charge in [-0.15, -0.1) is 0 Å². The summed E-state index contributed by atoms with van der Waals surface area (Å²) in [4.78, 5) is 12.4. The Balaban J connectivity index is 1.70. The summed E-state index contributed by atoms with van der Waals surface area (Å²) >= 11 is 0. The number of fused-ring (bicyclic) bond motifs is 1. The summed E-state index contributed by atoms with van der Waals surface area (Å²) in [5, 5.41) is 1.28. The van der Waals surface area contributed by atoms with Gasteiger partial charge in [0.15, 0.2) is 0 Å². The second kappa shape index (κ2) is 10.8. The number of para-hydroxylation sites is 1. The minimum Gasteiger partial charge on any atom is -0.361 e. The van der Waals surface area contributed by atoms with Gasteiger partial charge in [-0.05, 0) is 54.5 Å². The molecule has 0 saturated heterocycles. The van der Waals surface area contributed by atoms with E-state index in [-0.39, 0.29) is 0 Å². The molecule has 1 atom stereocenters. The van der Waals surface area contributed by atoms with Gasteiger partial charge in [-0.2, -0.15) is 0 Å². The maximum Gasteiger partial charge on any atom is 0.0604 e. The summed E-state index contributed by atoms with van der Waals surface area (Å²) in [5.74, 6) is 0.360. The molecular formula is C28H33N5. The van der Waals surface area contributed by atoms with Crippen LogP contribution in [0, 0.1) is 0 Å². The fourth-order valence-corrected chi connectivity index (χ4v) is 4.00. The van der Waals surface area contributed by atoms with Crippen molar-refractivity contribution in [3.8, 4) is 11.1 Å². The summed E-state index contributed by atoms with van der Waals surface area (Å²) in [7, 11) is 0. The Kier molecular flexibility index (Phi) is 7.40. The number of pyridine rings is 1. The largest absolute Gasteiger partial charge is 0.361 e. The molecule has 5 nitrogen and oxygen atoms in total. The first kappa shape index (κ1) is 22.6. The van der Waals surface area contributed by atoms with Crippen LogP contribution in [0.4, 0.5) is 0 Å². The number of hydrogen-bond donors (Lipinski definition) is 2. The van der Waals surface area contributed by atoms with Crippen molar-refractivity contribution in [2.45, 2.75) is 46.0 Å². The van der Waals surface area contributed by atoms with E-state index >= 15 is 0 Å². The van der Waals surface area contributed by atoms with Crippen molar-refractivity contribution in [2.75, 3.05) is 12.0 Å². The van der Waals surface area contributed by atoms with Gasteiger partial charge in [0.05, 0.1) is 5.69 Å². The summed E-state index contributed by atoms with van der Waals surface area (Å²) in [5.41, 5.74) is 10.7. The van der Waals surface area contributed by atoms with E-state index < -0.39 is 0 Å². The summed E-state index contributed by atoms with van der Waals surface area (Å²) in [6.07, 6.45) is 14.9. The smallest absolute Gasteiger partial charge is 0.0604 e. The molecule has 0 spiro atoms. The van der Waals surface area contributed by atoms with Crippen LogP contribution in [0.5, 0.6) is 0 Å². The lowest BCUT2D eigenvalue weighted by atomic mass is 10.1. The van der Waals surface area contributed by atoms with Crippen LogP contribution in [0.15, 0.2) is 79.6 Å². The Hall–Kier alpha value is -3.60. The van der Waals surface area contributed by atoms with Crippen LogP contribution in [0.25, 0.3) is 22.0 Å². The molecule has 170 valence electrons. The molecule has 3 heterocycles. The number of nitrogens with one attached hydrogen (secondary N) is 2. The Morgan fingerprint density at radius 3 is 2.73 bits per heavy atom. The SMILES string of the molecule is CCc1cncc(-c2cccncc(C(C)CC)n(NCCc3c[nH]c4ccccc34)c2)c1. The molecule has 0 amide bonds. The first-order valence-corrected chi connectivity index (χ1v) is 11.8. The van der Waals surface area contributed by atoms with E-state index in [4.69, 9.17) is 0 Å².